The molecule has 0 saturated heterocycles. The van der Waals surface area contributed by atoms with E-state index in [1.807, 2.05) is 18.2 Å². The first-order valence-electron chi connectivity index (χ1n) is 6.33. The first kappa shape index (κ1) is 12.4. The van der Waals surface area contributed by atoms with Crippen molar-refractivity contribution in [1.29, 1.82) is 0 Å². The minimum absolute atomic E-state index is 0.167. The molecule has 0 spiro atoms. The van der Waals surface area contributed by atoms with E-state index in [0.717, 1.165) is 16.5 Å². The van der Waals surface area contributed by atoms with Crippen LogP contribution in [0.3, 0.4) is 0 Å². The number of hydrogen-bond donors (Lipinski definition) is 2. The van der Waals surface area contributed by atoms with Crippen LogP contribution in [-0.2, 0) is 6.54 Å². The van der Waals surface area contributed by atoms with Gasteiger partial charge in [0.05, 0.1) is 0 Å². The molecule has 1 heterocycles. The molecule has 0 aliphatic heterocycles. The molecule has 0 bridgehead atoms. The number of carbonyl (C=O) groups is 1. The summed E-state index contributed by atoms with van der Waals surface area (Å²) in [6.07, 6.45) is 1.80. The van der Waals surface area contributed by atoms with Crippen molar-refractivity contribution in [3.05, 3.63) is 71.7 Å². The molecular formula is C16H13FN2O. The Kier molecular flexibility index (Phi) is 3.21. The number of halogens is 1. The standard InChI is InChI=1S/C16H13FN2O/c17-12-4-1-3-11(9-12)10-19-16(20)14-5-2-6-15-13(14)7-8-18-15/h1-9,18H,10H2,(H,19,20). The van der Waals surface area contributed by atoms with E-state index in [2.05, 4.69) is 10.3 Å². The maximum Gasteiger partial charge on any atom is 0.252 e. The lowest BCUT2D eigenvalue weighted by atomic mass is 10.1. The van der Waals surface area contributed by atoms with Crippen LogP contribution in [0.15, 0.2) is 54.7 Å². The second-order valence-corrected chi connectivity index (χ2v) is 4.56. The number of rotatable bonds is 3. The van der Waals surface area contributed by atoms with Crippen LogP contribution in [-0.4, -0.2) is 10.9 Å². The molecule has 1 amide bonds. The third-order valence-corrected chi connectivity index (χ3v) is 3.18. The fourth-order valence-corrected chi connectivity index (χ4v) is 2.21. The van der Waals surface area contributed by atoms with Crippen molar-refractivity contribution >= 4 is 16.8 Å². The predicted molar refractivity (Wildman–Crippen MR) is 75.9 cm³/mol. The van der Waals surface area contributed by atoms with E-state index in [9.17, 15) is 9.18 Å². The van der Waals surface area contributed by atoms with Gasteiger partial charge in [-0.1, -0.05) is 18.2 Å². The average Bonchev–Trinajstić information content (AvgIpc) is 2.93. The molecule has 4 heteroatoms. The molecule has 3 rings (SSSR count). The Morgan fingerprint density at radius 2 is 2.00 bits per heavy atom. The summed E-state index contributed by atoms with van der Waals surface area (Å²) >= 11 is 0. The van der Waals surface area contributed by atoms with Gasteiger partial charge in [0.1, 0.15) is 5.82 Å². The number of aromatic nitrogens is 1. The fraction of sp³-hybridized carbons (Fsp3) is 0.0625. The Bertz CT molecular complexity index is 764. The van der Waals surface area contributed by atoms with Crippen LogP contribution in [0, 0.1) is 5.82 Å². The van der Waals surface area contributed by atoms with E-state index >= 15 is 0 Å². The smallest absolute Gasteiger partial charge is 0.252 e. The van der Waals surface area contributed by atoms with Gasteiger partial charge in [-0.05, 0) is 35.9 Å². The molecule has 0 radical (unpaired) electrons. The average molecular weight is 268 g/mol. The Morgan fingerprint density at radius 1 is 1.15 bits per heavy atom. The van der Waals surface area contributed by atoms with E-state index in [-0.39, 0.29) is 11.7 Å². The number of hydrogen-bond acceptors (Lipinski definition) is 1. The molecule has 100 valence electrons. The molecule has 0 unspecified atom stereocenters. The van der Waals surface area contributed by atoms with Crippen molar-refractivity contribution in [3.8, 4) is 0 Å². The second kappa shape index (κ2) is 5.17. The summed E-state index contributed by atoms with van der Waals surface area (Å²) in [4.78, 5) is 15.3. The molecule has 0 aliphatic carbocycles. The largest absolute Gasteiger partial charge is 0.361 e. The van der Waals surface area contributed by atoms with E-state index < -0.39 is 0 Å². The van der Waals surface area contributed by atoms with Crippen molar-refractivity contribution in [2.75, 3.05) is 0 Å². The van der Waals surface area contributed by atoms with Gasteiger partial charge in [0.25, 0.3) is 5.91 Å². The van der Waals surface area contributed by atoms with Gasteiger partial charge in [0, 0.05) is 29.2 Å². The highest BCUT2D eigenvalue weighted by atomic mass is 19.1. The molecule has 2 aromatic carbocycles. The molecule has 2 N–H and O–H groups in total. The molecule has 20 heavy (non-hydrogen) atoms. The predicted octanol–water partition coefficient (Wildman–Crippen LogP) is 3.24. The summed E-state index contributed by atoms with van der Waals surface area (Å²) in [7, 11) is 0. The summed E-state index contributed by atoms with van der Waals surface area (Å²) in [5, 5.41) is 3.68. The monoisotopic (exact) mass is 268 g/mol. The van der Waals surface area contributed by atoms with E-state index in [1.165, 1.54) is 12.1 Å². The Balaban J connectivity index is 1.78. The number of benzene rings is 2. The molecule has 0 saturated carbocycles. The van der Waals surface area contributed by atoms with Crippen LogP contribution in [0.1, 0.15) is 15.9 Å². The molecule has 3 aromatic rings. The molecule has 0 atom stereocenters. The maximum absolute atomic E-state index is 13.1. The maximum atomic E-state index is 13.1. The fourth-order valence-electron chi connectivity index (χ4n) is 2.21. The van der Waals surface area contributed by atoms with Crippen molar-refractivity contribution < 1.29 is 9.18 Å². The van der Waals surface area contributed by atoms with Gasteiger partial charge in [-0.15, -0.1) is 0 Å². The van der Waals surface area contributed by atoms with Gasteiger partial charge >= 0.3 is 0 Å². The SMILES string of the molecule is O=C(NCc1cccc(F)c1)c1cccc2[nH]ccc12. The van der Waals surface area contributed by atoms with Crippen LogP contribution >= 0.6 is 0 Å². The van der Waals surface area contributed by atoms with Crippen LogP contribution in [0.25, 0.3) is 10.9 Å². The summed E-state index contributed by atoms with van der Waals surface area (Å²) in [5.41, 5.74) is 2.27. The summed E-state index contributed by atoms with van der Waals surface area (Å²) in [6, 6.07) is 13.6. The highest BCUT2D eigenvalue weighted by molar-refractivity contribution is 6.06. The van der Waals surface area contributed by atoms with Gasteiger partial charge in [-0.25, -0.2) is 4.39 Å². The number of amides is 1. The number of fused-ring (bicyclic) bond motifs is 1. The molecule has 3 nitrogen and oxygen atoms in total. The third-order valence-electron chi connectivity index (χ3n) is 3.18. The molecule has 0 aliphatic rings. The van der Waals surface area contributed by atoms with Gasteiger partial charge in [-0.3, -0.25) is 4.79 Å². The first-order valence-corrected chi connectivity index (χ1v) is 6.33. The topological polar surface area (TPSA) is 44.9 Å². The zero-order valence-corrected chi connectivity index (χ0v) is 10.7. The Hall–Kier alpha value is -2.62. The van der Waals surface area contributed by atoms with Crippen LogP contribution in [0.2, 0.25) is 0 Å². The normalized spacial score (nSPS) is 10.7. The lowest BCUT2D eigenvalue weighted by molar-refractivity contribution is 0.0952. The minimum Gasteiger partial charge on any atom is -0.361 e. The van der Waals surface area contributed by atoms with E-state index in [1.54, 1.807) is 24.4 Å². The quantitative estimate of drug-likeness (QED) is 0.752. The molecule has 0 fully saturated rings. The number of nitrogens with one attached hydrogen (secondary N) is 2. The van der Waals surface area contributed by atoms with E-state index in [0.29, 0.717) is 12.1 Å². The number of H-pyrrole nitrogens is 1. The minimum atomic E-state index is -0.301. The highest BCUT2D eigenvalue weighted by Crippen LogP contribution is 2.17. The summed E-state index contributed by atoms with van der Waals surface area (Å²) in [5.74, 6) is -0.469. The lowest BCUT2D eigenvalue weighted by Crippen LogP contribution is -2.22. The Morgan fingerprint density at radius 3 is 2.85 bits per heavy atom. The van der Waals surface area contributed by atoms with Gasteiger partial charge < -0.3 is 10.3 Å². The van der Waals surface area contributed by atoms with Crippen molar-refractivity contribution in [2.45, 2.75) is 6.54 Å². The lowest BCUT2D eigenvalue weighted by Gasteiger charge is -2.06. The summed E-state index contributed by atoms with van der Waals surface area (Å²) in [6.45, 7) is 0.303. The molecular weight excluding hydrogens is 255 g/mol. The van der Waals surface area contributed by atoms with Crippen LogP contribution in [0.4, 0.5) is 4.39 Å². The zero-order valence-electron chi connectivity index (χ0n) is 10.7. The highest BCUT2D eigenvalue weighted by Gasteiger charge is 2.10. The first-order chi connectivity index (χ1) is 9.74. The van der Waals surface area contributed by atoms with Gasteiger partial charge in [-0.2, -0.15) is 0 Å². The Labute approximate surface area is 115 Å². The van der Waals surface area contributed by atoms with E-state index in [4.69, 9.17) is 0 Å². The van der Waals surface area contributed by atoms with Crippen molar-refractivity contribution in [1.82, 2.24) is 10.3 Å². The van der Waals surface area contributed by atoms with Gasteiger partial charge in [0.15, 0.2) is 0 Å². The molecule has 1 aromatic heterocycles. The van der Waals surface area contributed by atoms with Crippen LogP contribution < -0.4 is 5.32 Å². The number of carbonyl (C=O) groups excluding carboxylic acids is 1. The van der Waals surface area contributed by atoms with Crippen molar-refractivity contribution in [2.24, 2.45) is 0 Å². The second-order valence-electron chi connectivity index (χ2n) is 4.56. The van der Waals surface area contributed by atoms with Crippen LogP contribution in [0.5, 0.6) is 0 Å². The summed E-state index contributed by atoms with van der Waals surface area (Å²) < 4.78 is 13.1. The van der Waals surface area contributed by atoms with Crippen molar-refractivity contribution in [3.63, 3.8) is 0 Å². The third kappa shape index (κ3) is 2.40. The zero-order chi connectivity index (χ0) is 13.9. The number of aromatic amines is 1. The van der Waals surface area contributed by atoms with Gasteiger partial charge in [0.2, 0.25) is 0 Å².